The summed E-state index contributed by atoms with van der Waals surface area (Å²) < 4.78 is 18.3. The van der Waals surface area contributed by atoms with E-state index in [1.165, 1.54) is 6.07 Å². The van der Waals surface area contributed by atoms with Gasteiger partial charge in [0.1, 0.15) is 5.76 Å². The van der Waals surface area contributed by atoms with Crippen LogP contribution in [0.2, 0.25) is 0 Å². The maximum absolute atomic E-state index is 13.2. The first kappa shape index (κ1) is 17.9. The molecule has 0 bridgehead atoms. The van der Waals surface area contributed by atoms with Crippen molar-refractivity contribution in [2.75, 3.05) is 0 Å². The summed E-state index contributed by atoms with van der Waals surface area (Å²) in [5.74, 6) is 1.00. The van der Waals surface area contributed by atoms with E-state index < -0.39 is 6.01 Å². The molecule has 2 aromatic heterocycles. The van der Waals surface area contributed by atoms with E-state index in [0.717, 1.165) is 22.0 Å². The molecule has 0 aliphatic carbocycles. The summed E-state index contributed by atoms with van der Waals surface area (Å²) in [5, 5.41) is 10.8. The summed E-state index contributed by atoms with van der Waals surface area (Å²) in [6.07, 6.45) is 4.21. The van der Waals surface area contributed by atoms with Gasteiger partial charge in [0.2, 0.25) is 0 Å². The van der Waals surface area contributed by atoms with Gasteiger partial charge in [-0.2, -0.15) is 4.39 Å². The highest BCUT2D eigenvalue weighted by Gasteiger charge is 2.17. The predicted octanol–water partition coefficient (Wildman–Crippen LogP) is 6.55. The molecule has 24 heavy (non-hydrogen) atoms. The summed E-state index contributed by atoms with van der Waals surface area (Å²) in [4.78, 5) is 3.24. The van der Waals surface area contributed by atoms with Crippen molar-refractivity contribution in [2.45, 2.75) is 40.0 Å². The second-order valence-electron chi connectivity index (χ2n) is 5.46. The first-order valence-corrected chi connectivity index (χ1v) is 8.30. The Morgan fingerprint density at radius 2 is 2.04 bits per heavy atom. The van der Waals surface area contributed by atoms with E-state index in [-0.39, 0.29) is 5.92 Å². The minimum absolute atomic E-state index is 0.130. The van der Waals surface area contributed by atoms with Crippen molar-refractivity contribution < 1.29 is 13.9 Å². The number of nitrogens with one attached hydrogen (secondary N) is 1. The standard InChI is InChI=1S/C18H18FNO2.C2H6/c1-3-12(21)9-11(2)14-10-20-15-6-4-5-13(18(14)15)16-7-8-17(19)22-16;1-2/h3-8,10-11,20-21H,9H2,1-2H3;1-2H3/b12-3-;. The number of aromatic amines is 1. The Hall–Kier alpha value is -2.49. The van der Waals surface area contributed by atoms with Crippen LogP contribution in [0.1, 0.15) is 45.6 Å². The topological polar surface area (TPSA) is 49.2 Å². The summed E-state index contributed by atoms with van der Waals surface area (Å²) >= 11 is 0. The molecule has 0 fully saturated rings. The Labute approximate surface area is 141 Å². The quantitative estimate of drug-likeness (QED) is 0.533. The maximum atomic E-state index is 13.2. The molecule has 0 radical (unpaired) electrons. The maximum Gasteiger partial charge on any atom is 0.278 e. The van der Waals surface area contributed by atoms with Gasteiger partial charge >= 0.3 is 0 Å². The van der Waals surface area contributed by atoms with Gasteiger partial charge in [-0.05, 0) is 36.6 Å². The largest absolute Gasteiger partial charge is 0.513 e. The van der Waals surface area contributed by atoms with Gasteiger partial charge in [-0.25, -0.2) is 0 Å². The van der Waals surface area contributed by atoms with E-state index in [4.69, 9.17) is 4.42 Å². The van der Waals surface area contributed by atoms with Crippen molar-refractivity contribution in [3.8, 4) is 11.3 Å². The molecule has 128 valence electrons. The molecule has 0 aliphatic rings. The van der Waals surface area contributed by atoms with Crippen LogP contribution in [0.3, 0.4) is 0 Å². The molecular weight excluding hydrogens is 305 g/mol. The highest BCUT2D eigenvalue weighted by Crippen LogP contribution is 2.36. The number of halogens is 1. The predicted molar refractivity (Wildman–Crippen MR) is 96.7 cm³/mol. The van der Waals surface area contributed by atoms with E-state index in [1.54, 1.807) is 12.1 Å². The molecule has 3 aromatic rings. The summed E-state index contributed by atoms with van der Waals surface area (Å²) in [5.41, 5.74) is 2.90. The first-order valence-electron chi connectivity index (χ1n) is 8.30. The Morgan fingerprint density at radius 3 is 2.67 bits per heavy atom. The lowest BCUT2D eigenvalue weighted by molar-refractivity contribution is 0.367. The minimum atomic E-state index is -0.594. The van der Waals surface area contributed by atoms with Crippen LogP contribution in [0.15, 0.2) is 52.8 Å². The SMILES string of the molecule is C/C=C(\O)CC(C)c1c[nH]c2cccc(-c3ccc(F)o3)c12.CC. The zero-order valence-electron chi connectivity index (χ0n) is 14.6. The van der Waals surface area contributed by atoms with Crippen molar-refractivity contribution in [1.29, 1.82) is 0 Å². The Balaban J connectivity index is 0.00000100. The number of furan rings is 1. The van der Waals surface area contributed by atoms with Crippen LogP contribution in [-0.4, -0.2) is 10.1 Å². The molecule has 1 unspecified atom stereocenters. The average molecular weight is 329 g/mol. The number of fused-ring (bicyclic) bond motifs is 1. The van der Waals surface area contributed by atoms with Gasteiger partial charge in [0.05, 0.1) is 5.76 Å². The Kier molecular flexibility index (Phi) is 5.85. The minimum Gasteiger partial charge on any atom is -0.513 e. The van der Waals surface area contributed by atoms with Crippen molar-refractivity contribution in [3.63, 3.8) is 0 Å². The molecule has 0 saturated heterocycles. The lowest BCUT2D eigenvalue weighted by atomic mass is 9.93. The number of hydrogen-bond acceptors (Lipinski definition) is 2. The number of benzene rings is 1. The monoisotopic (exact) mass is 329 g/mol. The van der Waals surface area contributed by atoms with Crippen molar-refractivity contribution in [3.05, 3.63) is 59.9 Å². The number of aliphatic hydroxyl groups is 1. The lowest BCUT2D eigenvalue weighted by Gasteiger charge is -2.11. The normalized spacial score (nSPS) is 12.8. The second-order valence-corrected chi connectivity index (χ2v) is 5.46. The fraction of sp³-hybridized carbons (Fsp3) is 0.300. The molecule has 0 spiro atoms. The van der Waals surface area contributed by atoms with E-state index >= 15 is 0 Å². The van der Waals surface area contributed by atoms with Gasteiger partial charge in [0.25, 0.3) is 6.01 Å². The fourth-order valence-electron chi connectivity index (χ4n) is 2.81. The zero-order valence-corrected chi connectivity index (χ0v) is 14.6. The number of rotatable bonds is 4. The number of H-pyrrole nitrogens is 1. The third-order valence-electron chi connectivity index (χ3n) is 3.95. The molecule has 1 aromatic carbocycles. The van der Waals surface area contributed by atoms with Gasteiger partial charge in [-0.15, -0.1) is 0 Å². The molecule has 4 heteroatoms. The molecule has 0 saturated carbocycles. The third kappa shape index (κ3) is 3.53. The van der Waals surface area contributed by atoms with Gasteiger partial charge in [0, 0.05) is 35.2 Å². The third-order valence-corrected chi connectivity index (χ3v) is 3.95. The van der Waals surface area contributed by atoms with E-state index in [0.29, 0.717) is 17.9 Å². The van der Waals surface area contributed by atoms with Crippen LogP contribution in [0.4, 0.5) is 4.39 Å². The summed E-state index contributed by atoms with van der Waals surface area (Å²) in [7, 11) is 0. The molecule has 2 N–H and O–H groups in total. The second kappa shape index (κ2) is 7.86. The van der Waals surface area contributed by atoms with Crippen molar-refractivity contribution >= 4 is 10.9 Å². The smallest absolute Gasteiger partial charge is 0.278 e. The number of aromatic nitrogens is 1. The number of aliphatic hydroxyl groups excluding tert-OH is 1. The van der Waals surface area contributed by atoms with Crippen molar-refractivity contribution in [2.24, 2.45) is 0 Å². The van der Waals surface area contributed by atoms with Gasteiger partial charge in [-0.3, -0.25) is 0 Å². The highest BCUT2D eigenvalue weighted by atomic mass is 19.1. The van der Waals surface area contributed by atoms with E-state index in [9.17, 15) is 9.50 Å². The fourth-order valence-corrected chi connectivity index (χ4v) is 2.81. The van der Waals surface area contributed by atoms with Crippen LogP contribution < -0.4 is 0 Å². The van der Waals surface area contributed by atoms with Gasteiger partial charge < -0.3 is 14.5 Å². The molecule has 0 aliphatic heterocycles. The lowest BCUT2D eigenvalue weighted by Crippen LogP contribution is -1.95. The van der Waals surface area contributed by atoms with Crippen LogP contribution >= 0.6 is 0 Å². The van der Waals surface area contributed by atoms with Crippen LogP contribution in [0.25, 0.3) is 22.2 Å². The highest BCUT2D eigenvalue weighted by molar-refractivity contribution is 5.96. The molecule has 3 rings (SSSR count). The van der Waals surface area contributed by atoms with Crippen molar-refractivity contribution in [1.82, 2.24) is 4.98 Å². The molecule has 3 nitrogen and oxygen atoms in total. The molecule has 1 atom stereocenters. The first-order chi connectivity index (χ1) is 11.6. The molecule has 0 amide bonds. The van der Waals surface area contributed by atoms with E-state index in [2.05, 4.69) is 11.9 Å². The van der Waals surface area contributed by atoms with Crippen LogP contribution in [0.5, 0.6) is 0 Å². The molecule has 2 heterocycles. The summed E-state index contributed by atoms with van der Waals surface area (Å²) in [6, 6.07) is 8.16. The number of allylic oxidation sites excluding steroid dienone is 2. The Morgan fingerprint density at radius 1 is 1.29 bits per heavy atom. The zero-order chi connectivity index (χ0) is 17.7. The average Bonchev–Trinajstić information content (AvgIpc) is 3.22. The van der Waals surface area contributed by atoms with Gasteiger partial charge in [-0.1, -0.05) is 32.9 Å². The summed E-state index contributed by atoms with van der Waals surface area (Å²) in [6.45, 7) is 7.87. The Bertz CT molecular complexity index is 829. The van der Waals surface area contributed by atoms with Crippen LogP contribution in [-0.2, 0) is 0 Å². The van der Waals surface area contributed by atoms with Crippen LogP contribution in [0, 0.1) is 6.01 Å². The van der Waals surface area contributed by atoms with E-state index in [1.807, 2.05) is 45.2 Å². The van der Waals surface area contributed by atoms with Gasteiger partial charge in [0.15, 0.2) is 0 Å². The number of hydrogen-bond donors (Lipinski definition) is 2. The molecular formula is C20H24FNO2.